The lowest BCUT2D eigenvalue weighted by Gasteiger charge is -2.22. The van der Waals surface area contributed by atoms with Crippen LogP contribution in [0.1, 0.15) is 77.5 Å². The van der Waals surface area contributed by atoms with Gasteiger partial charge in [0.2, 0.25) is 0 Å². The van der Waals surface area contributed by atoms with Crippen LogP contribution in [0.3, 0.4) is 0 Å². The molecule has 0 saturated heterocycles. The van der Waals surface area contributed by atoms with Crippen molar-refractivity contribution < 1.29 is 0 Å². The van der Waals surface area contributed by atoms with Crippen LogP contribution in [0.15, 0.2) is 24.3 Å². The fourth-order valence-corrected chi connectivity index (χ4v) is 2.98. The van der Waals surface area contributed by atoms with E-state index in [0.29, 0.717) is 11.5 Å². The Labute approximate surface area is 125 Å². The molecule has 0 aromatic heterocycles. The number of benzene rings is 1. The van der Waals surface area contributed by atoms with Crippen molar-refractivity contribution in [3.05, 3.63) is 35.4 Å². The summed E-state index contributed by atoms with van der Waals surface area (Å²) in [6, 6.07) is 9.60. The van der Waals surface area contributed by atoms with Gasteiger partial charge in [0.05, 0.1) is 0 Å². The first kappa shape index (κ1) is 15.6. The molecule has 0 aliphatic heterocycles. The third-order valence-electron chi connectivity index (χ3n) is 4.80. The van der Waals surface area contributed by atoms with E-state index in [2.05, 4.69) is 64.2 Å². The van der Waals surface area contributed by atoms with E-state index in [1.54, 1.807) is 0 Å². The van der Waals surface area contributed by atoms with Gasteiger partial charge in [-0.05, 0) is 48.1 Å². The van der Waals surface area contributed by atoms with Crippen LogP contribution in [0.2, 0.25) is 0 Å². The molecule has 1 aliphatic carbocycles. The molecule has 1 aromatic rings. The highest BCUT2D eigenvalue weighted by Crippen LogP contribution is 2.49. The molecule has 1 heteroatoms. The first-order chi connectivity index (χ1) is 9.36. The normalized spacial score (nSPS) is 18.9. The Bertz CT molecular complexity index is 420. The summed E-state index contributed by atoms with van der Waals surface area (Å²) in [6.45, 7) is 12.6. The monoisotopic (exact) mass is 273 g/mol. The Balaban J connectivity index is 1.91. The number of nitrogens with one attached hydrogen (secondary N) is 1. The van der Waals surface area contributed by atoms with E-state index in [1.807, 2.05) is 0 Å². The fraction of sp³-hybridized carbons (Fsp3) is 0.684. The van der Waals surface area contributed by atoms with Crippen molar-refractivity contribution in [2.24, 2.45) is 5.41 Å². The molecule has 1 atom stereocenters. The highest BCUT2D eigenvalue weighted by molar-refractivity contribution is 5.29. The standard InChI is InChI=1S/C19H31N/c1-6-11-19(12-13-19)14-20-15(2)16-7-9-17(10-8-16)18(3,4)5/h7-10,15,20H,6,11-14H2,1-5H3. The molecule has 20 heavy (non-hydrogen) atoms. The summed E-state index contributed by atoms with van der Waals surface area (Å²) < 4.78 is 0. The van der Waals surface area contributed by atoms with Gasteiger partial charge in [-0.25, -0.2) is 0 Å². The molecular weight excluding hydrogens is 242 g/mol. The Morgan fingerprint density at radius 3 is 2.20 bits per heavy atom. The zero-order valence-electron chi connectivity index (χ0n) is 13.9. The van der Waals surface area contributed by atoms with Crippen molar-refractivity contribution in [3.8, 4) is 0 Å². The van der Waals surface area contributed by atoms with Gasteiger partial charge in [0.25, 0.3) is 0 Å². The Morgan fingerprint density at radius 2 is 1.75 bits per heavy atom. The van der Waals surface area contributed by atoms with Crippen LogP contribution >= 0.6 is 0 Å². The van der Waals surface area contributed by atoms with E-state index >= 15 is 0 Å². The first-order valence-electron chi connectivity index (χ1n) is 8.20. The summed E-state index contributed by atoms with van der Waals surface area (Å²) in [5.74, 6) is 0. The maximum Gasteiger partial charge on any atom is 0.0292 e. The predicted molar refractivity (Wildman–Crippen MR) is 88.1 cm³/mol. The van der Waals surface area contributed by atoms with E-state index < -0.39 is 0 Å². The lowest BCUT2D eigenvalue weighted by molar-refractivity contribution is 0.397. The first-order valence-corrected chi connectivity index (χ1v) is 8.20. The van der Waals surface area contributed by atoms with Gasteiger partial charge in [-0.1, -0.05) is 58.4 Å². The number of rotatable bonds is 6. The van der Waals surface area contributed by atoms with Crippen molar-refractivity contribution in [2.45, 2.75) is 71.8 Å². The molecule has 0 spiro atoms. The minimum atomic E-state index is 0.244. The van der Waals surface area contributed by atoms with E-state index in [1.165, 1.54) is 43.4 Å². The highest BCUT2D eigenvalue weighted by atomic mass is 14.9. The molecule has 0 bridgehead atoms. The molecule has 1 nitrogen and oxygen atoms in total. The topological polar surface area (TPSA) is 12.0 Å². The summed E-state index contributed by atoms with van der Waals surface area (Å²) in [5, 5.41) is 3.74. The SMILES string of the molecule is CCCC1(CNC(C)c2ccc(C(C)(C)C)cc2)CC1. The van der Waals surface area contributed by atoms with Crippen molar-refractivity contribution in [2.75, 3.05) is 6.54 Å². The minimum absolute atomic E-state index is 0.244. The Kier molecular flexibility index (Phi) is 4.59. The molecule has 0 heterocycles. The summed E-state index contributed by atoms with van der Waals surface area (Å²) in [6.07, 6.45) is 5.54. The second kappa shape index (κ2) is 5.89. The molecule has 1 saturated carbocycles. The average molecular weight is 273 g/mol. The van der Waals surface area contributed by atoms with E-state index in [0.717, 1.165) is 0 Å². The molecule has 2 rings (SSSR count). The second-order valence-electron chi connectivity index (χ2n) is 7.72. The third kappa shape index (κ3) is 3.85. The maximum absolute atomic E-state index is 3.74. The summed E-state index contributed by atoms with van der Waals surface area (Å²) >= 11 is 0. The lowest BCUT2D eigenvalue weighted by atomic mass is 9.86. The highest BCUT2D eigenvalue weighted by Gasteiger charge is 2.41. The van der Waals surface area contributed by atoms with Crippen molar-refractivity contribution >= 4 is 0 Å². The van der Waals surface area contributed by atoms with Gasteiger partial charge < -0.3 is 5.32 Å². The molecule has 1 fully saturated rings. The second-order valence-corrected chi connectivity index (χ2v) is 7.72. The van der Waals surface area contributed by atoms with Crippen LogP contribution in [-0.2, 0) is 5.41 Å². The van der Waals surface area contributed by atoms with Crippen LogP contribution in [0.4, 0.5) is 0 Å². The van der Waals surface area contributed by atoms with Crippen molar-refractivity contribution in [1.29, 1.82) is 0 Å². The largest absolute Gasteiger partial charge is 0.310 e. The number of hydrogen-bond acceptors (Lipinski definition) is 1. The zero-order valence-corrected chi connectivity index (χ0v) is 13.9. The molecule has 0 radical (unpaired) electrons. The van der Waals surface area contributed by atoms with E-state index in [-0.39, 0.29) is 5.41 Å². The van der Waals surface area contributed by atoms with E-state index in [4.69, 9.17) is 0 Å². The average Bonchev–Trinajstić information content (AvgIpc) is 3.16. The Morgan fingerprint density at radius 1 is 1.15 bits per heavy atom. The van der Waals surface area contributed by atoms with Gasteiger partial charge in [0, 0.05) is 12.6 Å². The van der Waals surface area contributed by atoms with Crippen LogP contribution in [0.25, 0.3) is 0 Å². The van der Waals surface area contributed by atoms with Crippen LogP contribution in [-0.4, -0.2) is 6.54 Å². The lowest BCUT2D eigenvalue weighted by Crippen LogP contribution is -2.26. The fourth-order valence-electron chi connectivity index (χ4n) is 2.98. The van der Waals surface area contributed by atoms with Gasteiger partial charge in [-0.2, -0.15) is 0 Å². The molecular formula is C19H31N. The maximum atomic E-state index is 3.74. The summed E-state index contributed by atoms with van der Waals surface area (Å²) in [7, 11) is 0. The van der Waals surface area contributed by atoms with Crippen LogP contribution in [0.5, 0.6) is 0 Å². The van der Waals surface area contributed by atoms with Gasteiger partial charge in [-0.3, -0.25) is 0 Å². The molecule has 1 N–H and O–H groups in total. The third-order valence-corrected chi connectivity index (χ3v) is 4.80. The molecule has 1 aliphatic rings. The zero-order chi connectivity index (χ0) is 14.8. The van der Waals surface area contributed by atoms with Crippen molar-refractivity contribution in [3.63, 3.8) is 0 Å². The quantitative estimate of drug-likeness (QED) is 0.749. The van der Waals surface area contributed by atoms with Gasteiger partial charge >= 0.3 is 0 Å². The minimum Gasteiger partial charge on any atom is -0.310 e. The summed E-state index contributed by atoms with van der Waals surface area (Å²) in [4.78, 5) is 0. The molecule has 1 aromatic carbocycles. The number of hydrogen-bond donors (Lipinski definition) is 1. The van der Waals surface area contributed by atoms with Crippen LogP contribution < -0.4 is 5.32 Å². The molecule has 0 amide bonds. The predicted octanol–water partition coefficient (Wildman–Crippen LogP) is 5.22. The molecule has 112 valence electrons. The van der Waals surface area contributed by atoms with Crippen molar-refractivity contribution in [1.82, 2.24) is 5.32 Å². The summed E-state index contributed by atoms with van der Waals surface area (Å²) in [5.41, 5.74) is 3.70. The molecule has 1 unspecified atom stereocenters. The smallest absolute Gasteiger partial charge is 0.0292 e. The van der Waals surface area contributed by atoms with Gasteiger partial charge in [0.15, 0.2) is 0 Å². The van der Waals surface area contributed by atoms with Gasteiger partial charge in [-0.15, -0.1) is 0 Å². The van der Waals surface area contributed by atoms with Gasteiger partial charge in [0.1, 0.15) is 0 Å². The van der Waals surface area contributed by atoms with E-state index in [9.17, 15) is 0 Å². The Hall–Kier alpha value is -0.820. The van der Waals surface area contributed by atoms with Crippen LogP contribution in [0, 0.1) is 5.41 Å².